The summed E-state index contributed by atoms with van der Waals surface area (Å²) in [6.45, 7) is 6.15. The number of likely N-dealkylation sites (tertiary alicyclic amines) is 1. The van der Waals surface area contributed by atoms with E-state index in [2.05, 4.69) is 33.0 Å². The summed E-state index contributed by atoms with van der Waals surface area (Å²) in [6, 6.07) is 11.8. The van der Waals surface area contributed by atoms with Gasteiger partial charge in [-0.15, -0.1) is 0 Å². The predicted molar refractivity (Wildman–Crippen MR) is 172 cm³/mol. The Morgan fingerprint density at radius 1 is 0.957 bits per heavy atom. The van der Waals surface area contributed by atoms with Gasteiger partial charge in [0.05, 0.1) is 29.9 Å². The van der Waals surface area contributed by atoms with E-state index in [0.717, 1.165) is 50.7 Å². The van der Waals surface area contributed by atoms with Gasteiger partial charge in [-0.2, -0.15) is 0 Å². The number of carbonyl (C=O) groups is 2. The maximum absolute atomic E-state index is 15.0. The average molecular weight is 633 g/mol. The first-order valence-corrected chi connectivity index (χ1v) is 15.1. The number of piperidine rings is 1. The zero-order valence-electron chi connectivity index (χ0n) is 25.9. The van der Waals surface area contributed by atoms with E-state index < -0.39 is 34.5 Å². The van der Waals surface area contributed by atoms with Gasteiger partial charge >= 0.3 is 11.9 Å². The van der Waals surface area contributed by atoms with Crippen molar-refractivity contribution < 1.29 is 28.9 Å². The number of dihydropyridines is 1. The minimum absolute atomic E-state index is 0.0531. The van der Waals surface area contributed by atoms with E-state index in [1.54, 1.807) is 7.11 Å². The summed E-state index contributed by atoms with van der Waals surface area (Å²) < 4.78 is 20.3. The third kappa shape index (κ3) is 6.52. The van der Waals surface area contributed by atoms with Crippen molar-refractivity contribution in [1.29, 1.82) is 0 Å². The minimum atomic E-state index is -1.32. The van der Waals surface area contributed by atoms with Crippen LogP contribution in [0, 0.1) is 5.82 Å². The van der Waals surface area contributed by atoms with E-state index in [1.165, 1.54) is 31.5 Å². The molecule has 1 saturated heterocycles. The van der Waals surface area contributed by atoms with Crippen LogP contribution in [-0.2, 0) is 9.59 Å². The quantitative estimate of drug-likeness (QED) is 0.144. The van der Waals surface area contributed by atoms with Gasteiger partial charge in [-0.25, -0.2) is 14.0 Å². The topological polar surface area (TPSA) is 157 Å². The minimum Gasteiger partial charge on any atom is -0.497 e. The highest BCUT2D eigenvalue weighted by molar-refractivity contribution is 5.98. The maximum atomic E-state index is 15.0. The van der Waals surface area contributed by atoms with Crippen LogP contribution in [0.25, 0.3) is 0 Å². The maximum Gasteiger partial charge on any atom is 0.334 e. The monoisotopic (exact) mass is 632 g/mol. The molecular formula is C34H37FN4O7. The molecule has 0 aromatic heterocycles. The fourth-order valence-corrected chi connectivity index (χ4v) is 6.43. The van der Waals surface area contributed by atoms with Gasteiger partial charge < -0.3 is 35.8 Å². The normalized spacial score (nSPS) is 16.4. The number of ether oxygens (including phenoxy) is 1. The molecule has 2 heterocycles. The second-order valence-corrected chi connectivity index (χ2v) is 11.7. The number of nitrogens with zero attached hydrogens (tertiary/aromatic N) is 1. The number of nitrogens with one attached hydrogen (secondary N) is 3. The first kappa shape index (κ1) is 32.4. The fourth-order valence-electron chi connectivity index (χ4n) is 6.43. The zero-order chi connectivity index (χ0) is 33.1. The molecule has 1 fully saturated rings. The molecule has 46 heavy (non-hydrogen) atoms. The summed E-state index contributed by atoms with van der Waals surface area (Å²) in [5.74, 6) is -3.28. The molecule has 0 saturated carbocycles. The number of carboxylic acids is 2. The number of aliphatic carboxylic acids is 2. The van der Waals surface area contributed by atoms with Crippen molar-refractivity contribution in [3.05, 3.63) is 102 Å². The summed E-state index contributed by atoms with van der Waals surface area (Å²) in [5, 5.41) is 28.3. The molecule has 242 valence electrons. The predicted octanol–water partition coefficient (Wildman–Crippen LogP) is 4.26. The molecule has 0 radical (unpaired) electrons. The van der Waals surface area contributed by atoms with Crippen molar-refractivity contribution in [3.63, 3.8) is 0 Å². The summed E-state index contributed by atoms with van der Waals surface area (Å²) >= 11 is 0. The van der Waals surface area contributed by atoms with Crippen molar-refractivity contribution in [1.82, 2.24) is 10.2 Å². The molecule has 11 nitrogen and oxygen atoms in total. The Morgan fingerprint density at radius 3 is 2.24 bits per heavy atom. The lowest BCUT2D eigenvalue weighted by atomic mass is 9.80. The lowest BCUT2D eigenvalue weighted by Gasteiger charge is -2.32. The van der Waals surface area contributed by atoms with Crippen molar-refractivity contribution in [2.45, 2.75) is 44.9 Å². The Hall–Kier alpha value is -4.97. The van der Waals surface area contributed by atoms with E-state index in [4.69, 9.17) is 4.74 Å². The summed E-state index contributed by atoms with van der Waals surface area (Å²) in [7, 11) is 1.66. The summed E-state index contributed by atoms with van der Waals surface area (Å²) in [5.41, 5.74) is -0.143. The van der Waals surface area contributed by atoms with Gasteiger partial charge in [0.25, 0.3) is 10.9 Å². The molecule has 12 heteroatoms. The van der Waals surface area contributed by atoms with Crippen LogP contribution < -0.4 is 31.5 Å². The van der Waals surface area contributed by atoms with Gasteiger partial charge in [-0.1, -0.05) is 18.2 Å². The fraction of sp³-hybridized carbons (Fsp3) is 0.353. The summed E-state index contributed by atoms with van der Waals surface area (Å²) in [4.78, 5) is 51.5. The molecule has 2 aliphatic heterocycles. The molecule has 0 atom stereocenters. The molecule has 0 aliphatic carbocycles. The van der Waals surface area contributed by atoms with Crippen molar-refractivity contribution >= 4 is 29.0 Å². The van der Waals surface area contributed by atoms with Crippen molar-refractivity contribution in [3.8, 4) is 5.75 Å². The number of carboxylic acid groups (broad SMARTS) is 2. The van der Waals surface area contributed by atoms with Gasteiger partial charge in [0, 0.05) is 17.9 Å². The van der Waals surface area contributed by atoms with Crippen LogP contribution in [-0.4, -0.2) is 60.3 Å². The van der Waals surface area contributed by atoms with Gasteiger partial charge in [0.2, 0.25) is 0 Å². The van der Waals surface area contributed by atoms with E-state index in [-0.39, 0.29) is 45.2 Å². The van der Waals surface area contributed by atoms with Crippen LogP contribution in [0.4, 0.5) is 21.5 Å². The van der Waals surface area contributed by atoms with Crippen LogP contribution in [0.5, 0.6) is 5.75 Å². The Kier molecular flexibility index (Phi) is 9.57. The Morgan fingerprint density at radius 2 is 1.61 bits per heavy atom. The van der Waals surface area contributed by atoms with Gasteiger partial charge in [0.1, 0.15) is 22.9 Å². The molecule has 5 N–H and O–H groups in total. The number of hydrogen-bond acceptors (Lipinski definition) is 9. The largest absolute Gasteiger partial charge is 0.497 e. The zero-order valence-corrected chi connectivity index (χ0v) is 25.9. The first-order chi connectivity index (χ1) is 22.0. The lowest BCUT2D eigenvalue weighted by Crippen LogP contribution is -2.38. The van der Waals surface area contributed by atoms with Gasteiger partial charge in [-0.05, 0) is 94.1 Å². The van der Waals surface area contributed by atoms with Gasteiger partial charge in [-0.3, -0.25) is 9.59 Å². The Labute approximate surface area is 265 Å². The number of methoxy groups -OCH3 is 1. The van der Waals surface area contributed by atoms with Crippen LogP contribution in [0.2, 0.25) is 0 Å². The standard InChI is InChI=1S/C34H37FN4O7/c1-18-26(33(42)43)28(27(34(44)45)19(2)37-18)22-8-9-24(35)25(17-22)38-30-29(31(40)32(30)41)36-12-5-13-39-14-10-20(11-15-39)21-6-4-7-23(16-21)46-3/h4,6-9,16-17,20,28,36-38H,5,10-15H2,1-3H3,(H,42,43)(H,44,45). The van der Waals surface area contributed by atoms with Crippen molar-refractivity contribution in [2.75, 3.05) is 43.9 Å². The smallest absolute Gasteiger partial charge is 0.334 e. The number of rotatable bonds is 12. The molecule has 3 aromatic carbocycles. The number of allylic oxidation sites excluding steroid dienone is 2. The average Bonchev–Trinajstić information content (AvgIpc) is 3.04. The highest BCUT2D eigenvalue weighted by Gasteiger charge is 2.37. The Bertz CT molecular complexity index is 1760. The van der Waals surface area contributed by atoms with E-state index in [9.17, 15) is 33.8 Å². The molecule has 0 bridgehead atoms. The number of halogens is 1. The number of anilines is 3. The first-order valence-electron chi connectivity index (χ1n) is 15.1. The molecule has 0 spiro atoms. The third-order valence-electron chi connectivity index (χ3n) is 8.82. The highest BCUT2D eigenvalue weighted by Crippen LogP contribution is 2.40. The lowest BCUT2D eigenvalue weighted by molar-refractivity contribution is -0.133. The van der Waals surface area contributed by atoms with E-state index >= 15 is 0 Å². The van der Waals surface area contributed by atoms with Crippen LogP contribution in [0.1, 0.15) is 56.1 Å². The van der Waals surface area contributed by atoms with Crippen LogP contribution in [0.3, 0.4) is 0 Å². The molecular weight excluding hydrogens is 595 g/mol. The number of benzene rings is 2. The SMILES string of the molecule is COc1cccc(C2CCN(CCCNc3c(Nc4cc(C5C(C(=O)O)=C(C)NC(C)=C5C(=O)O)ccc4F)c(=O)c3=O)CC2)c1. The van der Waals surface area contributed by atoms with E-state index in [0.29, 0.717) is 12.5 Å². The molecule has 0 amide bonds. The van der Waals surface area contributed by atoms with Crippen molar-refractivity contribution in [2.24, 2.45) is 0 Å². The van der Waals surface area contributed by atoms with Crippen LogP contribution >= 0.6 is 0 Å². The highest BCUT2D eigenvalue weighted by atomic mass is 19.1. The third-order valence-corrected chi connectivity index (χ3v) is 8.82. The Balaban J connectivity index is 1.23. The molecule has 0 unspecified atom stereocenters. The van der Waals surface area contributed by atoms with E-state index in [1.807, 2.05) is 12.1 Å². The molecule has 5 rings (SSSR count). The molecule has 3 aromatic rings. The molecule has 2 aliphatic rings. The number of hydrogen-bond donors (Lipinski definition) is 5. The second-order valence-electron chi connectivity index (χ2n) is 11.7. The summed E-state index contributed by atoms with van der Waals surface area (Å²) in [6.07, 6.45) is 2.78. The van der Waals surface area contributed by atoms with Crippen LogP contribution in [0.15, 0.2) is 74.6 Å². The second kappa shape index (κ2) is 13.6. The van der Waals surface area contributed by atoms with Gasteiger partial charge in [0.15, 0.2) is 0 Å².